The van der Waals surface area contributed by atoms with E-state index in [0.29, 0.717) is 33.4 Å². The lowest BCUT2D eigenvalue weighted by Gasteiger charge is -2.14. The molecule has 3 aromatic carbocycles. The average Bonchev–Trinajstić information content (AvgIpc) is 3.24. The van der Waals surface area contributed by atoms with E-state index in [-0.39, 0.29) is 17.9 Å². The first-order valence-electron chi connectivity index (χ1n) is 8.34. The van der Waals surface area contributed by atoms with Crippen molar-refractivity contribution in [3.05, 3.63) is 53.6 Å². The quantitative estimate of drug-likeness (QED) is 0.466. The molecule has 0 aromatic heterocycles. The fraction of sp³-hybridized carbons (Fsp3) is 0.100. The van der Waals surface area contributed by atoms with Gasteiger partial charge >= 0.3 is 18.3 Å². The van der Waals surface area contributed by atoms with Crippen molar-refractivity contribution in [2.24, 2.45) is 0 Å². The van der Waals surface area contributed by atoms with Gasteiger partial charge in [0, 0.05) is 10.9 Å². The zero-order valence-electron chi connectivity index (χ0n) is 14.3. The summed E-state index contributed by atoms with van der Waals surface area (Å²) < 4.78 is 56.9. The van der Waals surface area contributed by atoms with Gasteiger partial charge in [-0.25, -0.2) is 9.59 Å². The van der Waals surface area contributed by atoms with E-state index in [1.165, 1.54) is 18.2 Å². The molecule has 6 nitrogen and oxygen atoms in total. The van der Waals surface area contributed by atoms with Gasteiger partial charge in [0.1, 0.15) is 5.75 Å². The van der Waals surface area contributed by atoms with Gasteiger partial charge in [-0.2, -0.15) is 0 Å². The second-order valence-corrected chi connectivity index (χ2v) is 6.32. The highest BCUT2D eigenvalue weighted by molar-refractivity contribution is 6.23. The van der Waals surface area contributed by atoms with Crippen molar-refractivity contribution in [1.29, 1.82) is 0 Å². The van der Waals surface area contributed by atoms with E-state index in [1.54, 1.807) is 12.1 Å². The first-order valence-corrected chi connectivity index (χ1v) is 8.34. The Labute approximate surface area is 160 Å². The molecule has 29 heavy (non-hydrogen) atoms. The lowest BCUT2D eigenvalue weighted by Crippen LogP contribution is -2.16. The summed E-state index contributed by atoms with van der Waals surface area (Å²) in [5.41, 5.74) is 0.800. The molecule has 3 aromatic rings. The summed E-state index contributed by atoms with van der Waals surface area (Å²) in [5.74, 6) is -1.21. The highest BCUT2D eigenvalue weighted by atomic mass is 19.4. The predicted molar refractivity (Wildman–Crippen MR) is 91.9 cm³/mol. The van der Waals surface area contributed by atoms with Crippen molar-refractivity contribution >= 4 is 22.7 Å². The summed E-state index contributed by atoms with van der Waals surface area (Å²) in [6.45, 7) is -0.0211. The molecule has 146 valence electrons. The average molecular weight is 402 g/mol. The van der Waals surface area contributed by atoms with E-state index in [0.717, 1.165) is 12.1 Å². The van der Waals surface area contributed by atoms with Crippen LogP contribution < -0.4 is 14.2 Å². The van der Waals surface area contributed by atoms with Crippen LogP contribution >= 0.6 is 0 Å². The Hall–Kier alpha value is -3.75. The van der Waals surface area contributed by atoms with Crippen LogP contribution in [0.1, 0.15) is 20.7 Å². The van der Waals surface area contributed by atoms with E-state index in [4.69, 9.17) is 14.2 Å². The molecule has 0 saturated carbocycles. The molecule has 0 amide bonds. The van der Waals surface area contributed by atoms with E-state index < -0.39 is 24.1 Å². The number of cyclic esters (lactones) is 2. The van der Waals surface area contributed by atoms with Gasteiger partial charge < -0.3 is 18.9 Å². The summed E-state index contributed by atoms with van der Waals surface area (Å²) in [5, 5.41) is 1.08. The van der Waals surface area contributed by atoms with Gasteiger partial charge in [-0.3, -0.25) is 0 Å². The van der Waals surface area contributed by atoms with Crippen LogP contribution in [-0.2, 0) is 4.74 Å². The minimum Gasteiger partial charge on any atom is -0.454 e. The van der Waals surface area contributed by atoms with Crippen molar-refractivity contribution in [2.75, 3.05) is 6.79 Å². The van der Waals surface area contributed by atoms with E-state index in [1.807, 2.05) is 0 Å². The molecule has 0 N–H and O–H groups in total. The van der Waals surface area contributed by atoms with Gasteiger partial charge in [0.15, 0.2) is 11.5 Å². The molecule has 0 saturated heterocycles. The van der Waals surface area contributed by atoms with Gasteiger partial charge in [0.2, 0.25) is 6.79 Å². The molecule has 0 unspecified atom stereocenters. The number of halogens is 3. The molecule has 9 heteroatoms. The van der Waals surface area contributed by atoms with Crippen LogP contribution in [0, 0.1) is 0 Å². The van der Waals surface area contributed by atoms with E-state index in [2.05, 4.69) is 4.74 Å². The predicted octanol–water partition coefficient (Wildman–Crippen LogP) is 4.44. The number of benzene rings is 3. The van der Waals surface area contributed by atoms with Crippen molar-refractivity contribution in [2.45, 2.75) is 6.36 Å². The molecule has 2 heterocycles. The molecule has 2 aliphatic rings. The molecule has 2 aliphatic heterocycles. The Balaban J connectivity index is 1.78. The zero-order chi connectivity index (χ0) is 20.3. The number of rotatable bonds is 2. The second kappa shape index (κ2) is 5.87. The van der Waals surface area contributed by atoms with Crippen molar-refractivity contribution in [3.63, 3.8) is 0 Å². The fourth-order valence-electron chi connectivity index (χ4n) is 3.53. The normalized spacial score (nSPS) is 14.9. The van der Waals surface area contributed by atoms with Crippen molar-refractivity contribution < 1.29 is 41.7 Å². The Kier molecular flexibility index (Phi) is 3.51. The SMILES string of the molecule is O=C1OC(=O)c2c1cc1ccc3c(c1c2-c1ccc(OC(F)(F)F)cc1)OCO3. The Morgan fingerprint density at radius 1 is 0.897 bits per heavy atom. The number of carbonyl (C=O) groups excluding carboxylic acids is 2. The molecule has 0 atom stereocenters. The highest BCUT2D eigenvalue weighted by Gasteiger charge is 2.36. The third-order valence-electron chi connectivity index (χ3n) is 4.63. The Morgan fingerprint density at radius 3 is 2.38 bits per heavy atom. The van der Waals surface area contributed by atoms with Crippen LogP contribution in [-0.4, -0.2) is 25.1 Å². The third kappa shape index (κ3) is 2.74. The first-order chi connectivity index (χ1) is 13.8. The van der Waals surface area contributed by atoms with Crippen LogP contribution in [0.25, 0.3) is 21.9 Å². The minimum absolute atomic E-state index is 0.0211. The van der Waals surface area contributed by atoms with Crippen LogP contribution in [0.2, 0.25) is 0 Å². The van der Waals surface area contributed by atoms with E-state index >= 15 is 0 Å². The largest absolute Gasteiger partial charge is 0.573 e. The summed E-state index contributed by atoms with van der Waals surface area (Å²) in [4.78, 5) is 24.5. The van der Waals surface area contributed by atoms with Gasteiger partial charge in [0.05, 0.1) is 11.1 Å². The maximum absolute atomic E-state index is 12.4. The standard InChI is InChI=1S/C20H9F3O6/c21-20(22,23)29-11-4-1-9(2-5-11)14-15-10(3-6-13-17(15)27-8-26-13)7-12-16(14)19(25)28-18(12)24/h1-7H,8H2. The van der Waals surface area contributed by atoms with Gasteiger partial charge in [0.25, 0.3) is 0 Å². The van der Waals surface area contributed by atoms with Gasteiger partial charge in [-0.15, -0.1) is 13.2 Å². The van der Waals surface area contributed by atoms with Crippen LogP contribution in [0.5, 0.6) is 17.2 Å². The third-order valence-corrected chi connectivity index (χ3v) is 4.63. The number of alkyl halides is 3. The fourth-order valence-corrected chi connectivity index (χ4v) is 3.53. The molecule has 0 spiro atoms. The Bertz CT molecular complexity index is 1200. The zero-order valence-corrected chi connectivity index (χ0v) is 14.3. The van der Waals surface area contributed by atoms with Crippen LogP contribution in [0.3, 0.4) is 0 Å². The summed E-state index contributed by atoms with van der Waals surface area (Å²) in [7, 11) is 0. The van der Waals surface area contributed by atoms with Crippen LogP contribution in [0.4, 0.5) is 13.2 Å². The topological polar surface area (TPSA) is 71.1 Å². The number of ether oxygens (including phenoxy) is 4. The molecule has 0 fully saturated rings. The first kappa shape index (κ1) is 17.4. The molecule has 0 radical (unpaired) electrons. The minimum atomic E-state index is -4.83. The lowest BCUT2D eigenvalue weighted by molar-refractivity contribution is -0.274. The smallest absolute Gasteiger partial charge is 0.454 e. The monoisotopic (exact) mass is 402 g/mol. The van der Waals surface area contributed by atoms with Crippen molar-refractivity contribution in [3.8, 4) is 28.4 Å². The lowest BCUT2D eigenvalue weighted by atomic mass is 9.90. The highest BCUT2D eigenvalue weighted by Crippen LogP contribution is 2.47. The van der Waals surface area contributed by atoms with Gasteiger partial charge in [-0.05, 0) is 35.2 Å². The molecular weight excluding hydrogens is 393 g/mol. The maximum atomic E-state index is 12.4. The van der Waals surface area contributed by atoms with Crippen LogP contribution in [0.15, 0.2) is 42.5 Å². The number of carbonyl (C=O) groups is 2. The Morgan fingerprint density at radius 2 is 1.66 bits per heavy atom. The molecule has 0 bridgehead atoms. The second-order valence-electron chi connectivity index (χ2n) is 6.32. The van der Waals surface area contributed by atoms with E-state index in [9.17, 15) is 22.8 Å². The summed E-state index contributed by atoms with van der Waals surface area (Å²) >= 11 is 0. The number of fused-ring (bicyclic) bond motifs is 4. The maximum Gasteiger partial charge on any atom is 0.573 e. The van der Waals surface area contributed by atoms with Gasteiger partial charge in [-0.1, -0.05) is 18.2 Å². The van der Waals surface area contributed by atoms with Crippen molar-refractivity contribution in [1.82, 2.24) is 0 Å². The molecule has 0 aliphatic carbocycles. The summed E-state index contributed by atoms with van der Waals surface area (Å²) in [6.07, 6.45) is -4.83. The number of esters is 2. The number of hydrogen-bond acceptors (Lipinski definition) is 6. The molecule has 5 rings (SSSR count). The summed E-state index contributed by atoms with van der Waals surface area (Å²) in [6, 6.07) is 9.85. The number of hydrogen-bond donors (Lipinski definition) is 0. The molecular formula is C20H9F3O6.